The van der Waals surface area contributed by atoms with Gasteiger partial charge in [-0.2, -0.15) is 0 Å². The Kier molecular flexibility index (Phi) is 4.25. The first kappa shape index (κ1) is 13.8. The molecule has 3 nitrogen and oxygen atoms in total. The lowest BCUT2D eigenvalue weighted by Gasteiger charge is -2.07. The van der Waals surface area contributed by atoms with Crippen LogP contribution in [0.3, 0.4) is 0 Å². The van der Waals surface area contributed by atoms with Crippen molar-refractivity contribution in [3.63, 3.8) is 0 Å². The normalized spacial score (nSPS) is 10.7. The molecule has 1 N–H and O–H groups in total. The van der Waals surface area contributed by atoms with E-state index in [9.17, 15) is 4.79 Å². The summed E-state index contributed by atoms with van der Waals surface area (Å²) in [4.78, 5) is 18.9. The van der Waals surface area contributed by atoms with Crippen LogP contribution in [0.15, 0.2) is 31.9 Å². The van der Waals surface area contributed by atoms with Crippen LogP contribution in [0, 0.1) is 0 Å². The van der Waals surface area contributed by atoms with Crippen LogP contribution in [0.2, 0.25) is 5.02 Å². The van der Waals surface area contributed by atoms with Gasteiger partial charge in [0.1, 0.15) is 10.3 Å². The van der Waals surface area contributed by atoms with E-state index in [1.165, 1.54) is 0 Å². The SMILES string of the molecule is CCc1nc(-c2cc(Br)ccc2Cl)[nH]c(=O)c1Br. The number of rotatable bonds is 2. The van der Waals surface area contributed by atoms with Crippen molar-refractivity contribution in [3.8, 4) is 11.4 Å². The third-order valence-electron chi connectivity index (χ3n) is 2.45. The molecule has 2 rings (SSSR count). The van der Waals surface area contributed by atoms with Gasteiger partial charge in [0.2, 0.25) is 0 Å². The highest BCUT2D eigenvalue weighted by Crippen LogP contribution is 2.28. The molecule has 1 heterocycles. The number of H-pyrrole nitrogens is 1. The van der Waals surface area contributed by atoms with Gasteiger partial charge >= 0.3 is 0 Å². The van der Waals surface area contributed by atoms with Crippen molar-refractivity contribution < 1.29 is 0 Å². The highest BCUT2D eigenvalue weighted by atomic mass is 79.9. The Morgan fingerprint density at radius 3 is 2.78 bits per heavy atom. The van der Waals surface area contributed by atoms with Crippen LogP contribution in [0.5, 0.6) is 0 Å². The van der Waals surface area contributed by atoms with Crippen LogP contribution in [0.4, 0.5) is 0 Å². The van der Waals surface area contributed by atoms with E-state index >= 15 is 0 Å². The number of halogens is 3. The summed E-state index contributed by atoms with van der Waals surface area (Å²) in [5.41, 5.74) is 1.21. The second kappa shape index (κ2) is 5.55. The fraction of sp³-hybridized carbons (Fsp3) is 0.167. The molecular weight excluding hydrogens is 383 g/mol. The van der Waals surface area contributed by atoms with E-state index in [-0.39, 0.29) is 5.56 Å². The summed E-state index contributed by atoms with van der Waals surface area (Å²) in [5, 5.41) is 0.547. The molecule has 0 saturated heterocycles. The molecule has 0 aliphatic heterocycles. The quantitative estimate of drug-likeness (QED) is 0.834. The van der Waals surface area contributed by atoms with E-state index in [2.05, 4.69) is 41.8 Å². The number of hydrogen-bond donors (Lipinski definition) is 1. The smallest absolute Gasteiger partial charge is 0.265 e. The van der Waals surface area contributed by atoms with Crippen LogP contribution >= 0.6 is 43.5 Å². The first-order valence-corrected chi connectivity index (χ1v) is 7.23. The van der Waals surface area contributed by atoms with Crippen LogP contribution in [0.1, 0.15) is 12.6 Å². The molecule has 0 spiro atoms. The molecule has 0 amide bonds. The van der Waals surface area contributed by atoms with Crippen molar-refractivity contribution in [2.75, 3.05) is 0 Å². The van der Waals surface area contributed by atoms with Gasteiger partial charge in [0.15, 0.2) is 0 Å². The van der Waals surface area contributed by atoms with Crippen LogP contribution in [0.25, 0.3) is 11.4 Å². The molecule has 1 aromatic carbocycles. The van der Waals surface area contributed by atoms with Gasteiger partial charge in [0.05, 0.1) is 10.7 Å². The molecule has 6 heteroatoms. The average Bonchev–Trinajstić information content (AvgIpc) is 2.35. The van der Waals surface area contributed by atoms with Crippen molar-refractivity contribution in [3.05, 3.63) is 48.2 Å². The zero-order chi connectivity index (χ0) is 13.3. The van der Waals surface area contributed by atoms with Crippen LogP contribution in [-0.4, -0.2) is 9.97 Å². The highest BCUT2D eigenvalue weighted by Gasteiger charge is 2.11. The lowest BCUT2D eigenvalue weighted by molar-refractivity contribution is 0.970. The Hall–Kier alpha value is -0.650. The van der Waals surface area contributed by atoms with Crippen molar-refractivity contribution >= 4 is 43.5 Å². The minimum atomic E-state index is -0.201. The molecule has 94 valence electrons. The maximum absolute atomic E-state index is 11.8. The molecule has 0 saturated carbocycles. The predicted molar refractivity (Wildman–Crippen MR) is 80.1 cm³/mol. The Morgan fingerprint density at radius 1 is 1.39 bits per heavy atom. The van der Waals surface area contributed by atoms with Gasteiger partial charge in [-0.3, -0.25) is 4.79 Å². The van der Waals surface area contributed by atoms with Gasteiger partial charge in [-0.05, 0) is 40.5 Å². The van der Waals surface area contributed by atoms with Gasteiger partial charge in [-0.1, -0.05) is 34.5 Å². The van der Waals surface area contributed by atoms with Gasteiger partial charge in [-0.15, -0.1) is 0 Å². The molecule has 0 unspecified atom stereocenters. The summed E-state index contributed by atoms with van der Waals surface area (Å²) in [6, 6.07) is 5.42. The third kappa shape index (κ3) is 2.68. The third-order valence-corrected chi connectivity index (χ3v) is 4.09. The largest absolute Gasteiger partial charge is 0.305 e. The number of aryl methyl sites for hydroxylation is 1. The molecule has 0 aliphatic rings. The maximum Gasteiger partial charge on any atom is 0.265 e. The minimum absolute atomic E-state index is 0.201. The van der Waals surface area contributed by atoms with Gasteiger partial charge < -0.3 is 4.98 Å². The number of aromatic amines is 1. The second-order valence-electron chi connectivity index (χ2n) is 3.65. The summed E-state index contributed by atoms with van der Waals surface area (Å²) >= 11 is 12.7. The number of hydrogen-bond acceptors (Lipinski definition) is 2. The number of benzene rings is 1. The molecule has 2 aromatic rings. The fourth-order valence-corrected chi connectivity index (χ4v) is 2.58. The van der Waals surface area contributed by atoms with Gasteiger partial charge in [0.25, 0.3) is 5.56 Å². The first-order chi connectivity index (χ1) is 8.52. The predicted octanol–water partition coefficient (Wildman–Crippen LogP) is 4.18. The molecule has 0 fully saturated rings. The number of nitrogens with zero attached hydrogens (tertiary/aromatic N) is 1. The first-order valence-electron chi connectivity index (χ1n) is 5.27. The molecule has 0 radical (unpaired) electrons. The summed E-state index contributed by atoms with van der Waals surface area (Å²) in [6.07, 6.45) is 0.670. The zero-order valence-corrected chi connectivity index (χ0v) is 13.4. The summed E-state index contributed by atoms with van der Waals surface area (Å²) < 4.78 is 1.35. The van der Waals surface area contributed by atoms with Crippen LogP contribution < -0.4 is 5.56 Å². The van der Waals surface area contributed by atoms with E-state index in [4.69, 9.17) is 11.6 Å². The number of nitrogens with one attached hydrogen (secondary N) is 1. The van der Waals surface area contributed by atoms with E-state index in [0.29, 0.717) is 33.0 Å². The standard InChI is InChI=1S/C12H9Br2ClN2O/c1-2-9-10(14)12(18)17-11(16-9)7-5-6(13)3-4-8(7)15/h3-5H,2H2,1H3,(H,16,17,18). The Balaban J connectivity index is 2.68. The van der Waals surface area contributed by atoms with Crippen molar-refractivity contribution in [1.82, 2.24) is 9.97 Å². The fourth-order valence-electron chi connectivity index (χ4n) is 1.55. The summed E-state index contributed by atoms with van der Waals surface area (Å²) in [7, 11) is 0. The van der Waals surface area contributed by atoms with Crippen molar-refractivity contribution in [2.24, 2.45) is 0 Å². The van der Waals surface area contributed by atoms with Gasteiger partial charge in [-0.25, -0.2) is 4.98 Å². The molecule has 0 aliphatic carbocycles. The molecule has 0 bridgehead atoms. The molecule has 0 atom stereocenters. The average molecular weight is 392 g/mol. The molecule has 1 aromatic heterocycles. The highest BCUT2D eigenvalue weighted by molar-refractivity contribution is 9.10. The van der Waals surface area contributed by atoms with E-state index in [1.807, 2.05) is 19.1 Å². The van der Waals surface area contributed by atoms with Crippen molar-refractivity contribution in [1.29, 1.82) is 0 Å². The molecular formula is C12H9Br2ClN2O. The summed E-state index contributed by atoms with van der Waals surface area (Å²) in [6.45, 7) is 1.94. The maximum atomic E-state index is 11.8. The Bertz CT molecular complexity index is 655. The van der Waals surface area contributed by atoms with E-state index < -0.39 is 0 Å². The van der Waals surface area contributed by atoms with E-state index in [0.717, 1.165) is 4.47 Å². The molecule has 18 heavy (non-hydrogen) atoms. The van der Waals surface area contributed by atoms with E-state index in [1.54, 1.807) is 6.07 Å². The monoisotopic (exact) mass is 390 g/mol. The Labute approximate surface area is 126 Å². The topological polar surface area (TPSA) is 45.8 Å². The summed E-state index contributed by atoms with van der Waals surface area (Å²) in [5.74, 6) is 0.478. The Morgan fingerprint density at radius 2 is 2.11 bits per heavy atom. The number of aromatic nitrogens is 2. The minimum Gasteiger partial charge on any atom is -0.305 e. The van der Waals surface area contributed by atoms with Gasteiger partial charge in [0, 0.05) is 10.0 Å². The zero-order valence-electron chi connectivity index (χ0n) is 9.43. The lowest BCUT2D eigenvalue weighted by atomic mass is 10.2. The lowest BCUT2D eigenvalue weighted by Crippen LogP contribution is -2.13. The second-order valence-corrected chi connectivity index (χ2v) is 5.77. The van der Waals surface area contributed by atoms with Crippen molar-refractivity contribution in [2.45, 2.75) is 13.3 Å². The van der Waals surface area contributed by atoms with Crippen LogP contribution in [-0.2, 0) is 6.42 Å².